The van der Waals surface area contributed by atoms with E-state index in [9.17, 15) is 0 Å². The monoisotopic (exact) mass is 243 g/mol. The highest BCUT2D eigenvalue weighted by molar-refractivity contribution is 7.99. The van der Waals surface area contributed by atoms with Crippen LogP contribution >= 0.6 is 11.8 Å². The zero-order valence-electron chi connectivity index (χ0n) is 11.3. The van der Waals surface area contributed by atoms with Gasteiger partial charge in [-0.05, 0) is 37.5 Å². The van der Waals surface area contributed by atoms with Gasteiger partial charge in [-0.1, -0.05) is 40.0 Å². The van der Waals surface area contributed by atoms with E-state index in [4.69, 9.17) is 0 Å². The molecule has 16 heavy (non-hydrogen) atoms. The van der Waals surface area contributed by atoms with Crippen LogP contribution in [0.1, 0.15) is 59.3 Å². The predicted octanol–water partition coefficient (Wildman–Crippen LogP) is 4.08. The molecule has 1 N–H and O–H groups in total. The van der Waals surface area contributed by atoms with Gasteiger partial charge in [-0.15, -0.1) is 0 Å². The Labute approximate surface area is 106 Å². The highest BCUT2D eigenvalue weighted by atomic mass is 32.2. The zero-order valence-corrected chi connectivity index (χ0v) is 12.1. The van der Waals surface area contributed by atoms with Crippen molar-refractivity contribution < 1.29 is 0 Å². The van der Waals surface area contributed by atoms with E-state index in [1.54, 1.807) is 0 Å². The van der Waals surface area contributed by atoms with Gasteiger partial charge in [0.2, 0.25) is 0 Å². The van der Waals surface area contributed by atoms with Crippen molar-refractivity contribution in [1.29, 1.82) is 0 Å². The second-order valence-corrected chi connectivity index (χ2v) is 6.63. The molecule has 1 nitrogen and oxygen atoms in total. The summed E-state index contributed by atoms with van der Waals surface area (Å²) in [6, 6.07) is 0.773. The summed E-state index contributed by atoms with van der Waals surface area (Å²) in [5.74, 6) is 2.27. The number of nitrogens with one attached hydrogen (secondary N) is 1. The Morgan fingerprint density at radius 2 is 2.19 bits per heavy atom. The van der Waals surface area contributed by atoms with Crippen molar-refractivity contribution >= 4 is 11.8 Å². The van der Waals surface area contributed by atoms with Crippen LogP contribution in [-0.2, 0) is 0 Å². The van der Waals surface area contributed by atoms with Gasteiger partial charge in [-0.25, -0.2) is 0 Å². The van der Waals surface area contributed by atoms with Crippen molar-refractivity contribution in [3.63, 3.8) is 0 Å². The molecular formula is C14H29NS. The number of rotatable bonds is 7. The van der Waals surface area contributed by atoms with Crippen LogP contribution in [0.5, 0.6) is 0 Å². The third kappa shape index (κ3) is 5.09. The summed E-state index contributed by atoms with van der Waals surface area (Å²) in [6.45, 7) is 8.25. The number of hydrogen-bond donors (Lipinski definition) is 1. The summed E-state index contributed by atoms with van der Waals surface area (Å²) in [5.41, 5.74) is 0. The Morgan fingerprint density at radius 1 is 1.38 bits per heavy atom. The van der Waals surface area contributed by atoms with Gasteiger partial charge < -0.3 is 5.32 Å². The third-order valence-electron chi connectivity index (χ3n) is 3.82. The molecule has 0 aliphatic carbocycles. The molecule has 1 aliphatic heterocycles. The molecule has 0 bridgehead atoms. The molecule has 0 spiro atoms. The Hall–Kier alpha value is 0.310. The molecule has 0 amide bonds. The molecular weight excluding hydrogens is 214 g/mol. The van der Waals surface area contributed by atoms with E-state index in [2.05, 4.69) is 37.8 Å². The smallest absolute Gasteiger partial charge is 0.0184 e. The van der Waals surface area contributed by atoms with E-state index in [0.717, 1.165) is 17.2 Å². The topological polar surface area (TPSA) is 12.0 Å². The summed E-state index contributed by atoms with van der Waals surface area (Å²) >= 11 is 2.14. The summed E-state index contributed by atoms with van der Waals surface area (Å²) < 4.78 is 0. The first-order chi connectivity index (χ1) is 7.77. The number of hydrogen-bond acceptors (Lipinski definition) is 2. The van der Waals surface area contributed by atoms with E-state index in [0.29, 0.717) is 0 Å². The molecule has 1 heterocycles. The van der Waals surface area contributed by atoms with Crippen LogP contribution in [0.15, 0.2) is 0 Å². The van der Waals surface area contributed by atoms with Gasteiger partial charge in [0.1, 0.15) is 0 Å². The number of thioether (sulfide) groups is 1. The Bertz CT molecular complexity index is 172. The molecule has 3 atom stereocenters. The summed E-state index contributed by atoms with van der Waals surface area (Å²) in [6.07, 6.45) is 8.27. The Morgan fingerprint density at radius 3 is 2.81 bits per heavy atom. The molecule has 1 fully saturated rings. The van der Waals surface area contributed by atoms with Gasteiger partial charge in [0.25, 0.3) is 0 Å². The first-order valence-corrected chi connectivity index (χ1v) is 8.17. The van der Waals surface area contributed by atoms with Crippen LogP contribution in [0.3, 0.4) is 0 Å². The molecule has 3 unspecified atom stereocenters. The van der Waals surface area contributed by atoms with Gasteiger partial charge in [0.05, 0.1) is 0 Å². The summed E-state index contributed by atoms with van der Waals surface area (Å²) in [7, 11) is 0. The molecule has 0 aromatic carbocycles. The molecule has 96 valence electrons. The minimum absolute atomic E-state index is 0.773. The quantitative estimate of drug-likeness (QED) is 0.723. The first-order valence-electron chi connectivity index (χ1n) is 7.12. The molecule has 1 aliphatic rings. The predicted molar refractivity (Wildman–Crippen MR) is 76.3 cm³/mol. The van der Waals surface area contributed by atoms with Crippen molar-refractivity contribution in [3.05, 3.63) is 0 Å². The van der Waals surface area contributed by atoms with Crippen LogP contribution in [-0.4, -0.2) is 23.6 Å². The second-order valence-electron chi connectivity index (χ2n) is 5.15. The zero-order chi connectivity index (χ0) is 11.8. The summed E-state index contributed by atoms with van der Waals surface area (Å²) in [4.78, 5) is 0. The van der Waals surface area contributed by atoms with Crippen LogP contribution in [0.4, 0.5) is 0 Å². The van der Waals surface area contributed by atoms with E-state index >= 15 is 0 Å². The van der Waals surface area contributed by atoms with Crippen LogP contribution in [0.25, 0.3) is 0 Å². The molecule has 0 aromatic heterocycles. The van der Waals surface area contributed by atoms with Crippen LogP contribution in [0, 0.1) is 5.92 Å². The lowest BCUT2D eigenvalue weighted by Gasteiger charge is -2.30. The van der Waals surface area contributed by atoms with E-state index < -0.39 is 0 Å². The maximum Gasteiger partial charge on any atom is 0.0184 e. The van der Waals surface area contributed by atoms with E-state index in [-0.39, 0.29) is 0 Å². The van der Waals surface area contributed by atoms with Crippen molar-refractivity contribution in [2.24, 2.45) is 5.92 Å². The highest BCUT2D eigenvalue weighted by Gasteiger charge is 2.21. The maximum absolute atomic E-state index is 3.81. The molecule has 1 rings (SSSR count). The third-order valence-corrected chi connectivity index (χ3v) is 5.20. The molecule has 0 saturated carbocycles. The Balaban J connectivity index is 2.19. The van der Waals surface area contributed by atoms with Crippen molar-refractivity contribution in [1.82, 2.24) is 5.32 Å². The minimum atomic E-state index is 0.773. The van der Waals surface area contributed by atoms with E-state index in [1.165, 1.54) is 50.8 Å². The maximum atomic E-state index is 3.81. The van der Waals surface area contributed by atoms with Crippen LogP contribution < -0.4 is 5.32 Å². The van der Waals surface area contributed by atoms with Crippen molar-refractivity contribution in [2.75, 3.05) is 12.3 Å². The minimum Gasteiger partial charge on any atom is -0.313 e. The molecule has 0 radical (unpaired) electrons. The first kappa shape index (κ1) is 14.4. The van der Waals surface area contributed by atoms with Gasteiger partial charge in [-0.2, -0.15) is 11.8 Å². The van der Waals surface area contributed by atoms with Gasteiger partial charge in [-0.3, -0.25) is 0 Å². The fourth-order valence-corrected chi connectivity index (χ4v) is 3.62. The van der Waals surface area contributed by atoms with Crippen molar-refractivity contribution in [2.45, 2.75) is 70.6 Å². The Kier molecular flexibility index (Phi) is 7.55. The fourth-order valence-electron chi connectivity index (χ4n) is 2.45. The molecule has 2 heteroatoms. The van der Waals surface area contributed by atoms with E-state index in [1.807, 2.05) is 0 Å². The SMILES string of the molecule is CCCCC(CC)CNC1CCCSC1C. The lowest BCUT2D eigenvalue weighted by atomic mass is 9.98. The average molecular weight is 243 g/mol. The highest BCUT2D eigenvalue weighted by Crippen LogP contribution is 2.25. The molecule has 1 saturated heterocycles. The second kappa shape index (κ2) is 8.41. The normalized spacial score (nSPS) is 27.9. The lowest BCUT2D eigenvalue weighted by Crippen LogP contribution is -2.41. The van der Waals surface area contributed by atoms with Crippen LogP contribution in [0.2, 0.25) is 0 Å². The average Bonchev–Trinajstić information content (AvgIpc) is 2.31. The van der Waals surface area contributed by atoms with Gasteiger partial charge >= 0.3 is 0 Å². The van der Waals surface area contributed by atoms with Crippen molar-refractivity contribution in [3.8, 4) is 0 Å². The molecule has 0 aromatic rings. The largest absolute Gasteiger partial charge is 0.313 e. The standard InChI is InChI=1S/C14H29NS/c1-4-6-8-13(5-2)11-15-14-9-7-10-16-12(14)3/h12-15H,4-11H2,1-3H3. The number of unbranched alkanes of at least 4 members (excludes halogenated alkanes) is 1. The fraction of sp³-hybridized carbons (Fsp3) is 1.00. The summed E-state index contributed by atoms with van der Waals surface area (Å²) in [5, 5.41) is 4.63. The lowest BCUT2D eigenvalue weighted by molar-refractivity contribution is 0.372. The van der Waals surface area contributed by atoms with Gasteiger partial charge in [0, 0.05) is 11.3 Å². The van der Waals surface area contributed by atoms with Gasteiger partial charge in [0.15, 0.2) is 0 Å².